The van der Waals surface area contributed by atoms with Crippen LogP contribution in [-0.4, -0.2) is 44.0 Å². The summed E-state index contributed by atoms with van der Waals surface area (Å²) in [4.78, 5) is 12.1. The molecule has 2 aromatic rings. The van der Waals surface area contributed by atoms with Crippen LogP contribution in [0.2, 0.25) is 0 Å². The molecule has 2 rings (SSSR count). The maximum absolute atomic E-state index is 12.3. The van der Waals surface area contributed by atoms with Crippen molar-refractivity contribution in [2.45, 2.75) is 25.6 Å². The monoisotopic (exact) mass is 301 g/mol. The van der Waals surface area contributed by atoms with Crippen LogP contribution >= 0.6 is 0 Å². The third-order valence-corrected chi connectivity index (χ3v) is 2.47. The average molecular weight is 301 g/mol. The first-order chi connectivity index (χ1) is 9.87. The number of nitrogens with one attached hydrogen (secondary N) is 2. The van der Waals surface area contributed by atoms with Crippen LogP contribution in [0.15, 0.2) is 18.5 Å². The zero-order chi connectivity index (χ0) is 15.5. The molecule has 0 fully saturated rings. The van der Waals surface area contributed by atoms with E-state index >= 15 is 0 Å². The second-order valence-electron chi connectivity index (χ2n) is 4.35. The zero-order valence-electron chi connectivity index (χ0n) is 11.4. The summed E-state index contributed by atoms with van der Waals surface area (Å²) < 4.78 is 38.4. The van der Waals surface area contributed by atoms with E-state index in [1.165, 1.54) is 11.6 Å². The van der Waals surface area contributed by atoms with Crippen LogP contribution in [0.3, 0.4) is 0 Å². The molecule has 0 saturated heterocycles. The summed E-state index contributed by atoms with van der Waals surface area (Å²) in [5.41, 5.74) is 0. The van der Waals surface area contributed by atoms with Crippen LogP contribution in [0.1, 0.15) is 13.3 Å². The Labute approximate surface area is 118 Å². The number of nitrogens with zero attached hydrogens (tertiary/aromatic N) is 5. The van der Waals surface area contributed by atoms with Gasteiger partial charge in [0.2, 0.25) is 11.9 Å². The molecule has 0 spiro atoms. The van der Waals surface area contributed by atoms with Crippen LogP contribution < -0.4 is 10.6 Å². The molecule has 7 nitrogen and oxygen atoms in total. The molecular weight excluding hydrogens is 287 g/mol. The fourth-order valence-electron chi connectivity index (χ4n) is 1.65. The minimum atomic E-state index is -4.25. The summed E-state index contributed by atoms with van der Waals surface area (Å²) in [5.74, 6) is 0.495. The predicted octanol–water partition coefficient (Wildman–Crippen LogP) is 1.85. The lowest BCUT2D eigenvalue weighted by atomic mass is 10.2. The molecule has 0 aliphatic carbocycles. The fraction of sp³-hybridized carbons (Fsp3) is 0.455. The number of hydrogen-bond donors (Lipinski definition) is 2. The van der Waals surface area contributed by atoms with Gasteiger partial charge in [0.1, 0.15) is 0 Å². The van der Waals surface area contributed by atoms with Crippen molar-refractivity contribution in [3.8, 4) is 5.95 Å². The van der Waals surface area contributed by atoms with E-state index in [0.29, 0.717) is 0 Å². The Balaban J connectivity index is 2.21. The molecule has 0 aliphatic heterocycles. The first-order valence-corrected chi connectivity index (χ1v) is 6.14. The molecular formula is C11H14F3N7. The number of alkyl halides is 3. The van der Waals surface area contributed by atoms with E-state index in [4.69, 9.17) is 0 Å². The third kappa shape index (κ3) is 4.29. The molecule has 2 heterocycles. The molecule has 0 radical (unpaired) electrons. The van der Waals surface area contributed by atoms with Crippen molar-refractivity contribution in [1.29, 1.82) is 0 Å². The normalized spacial score (nSPS) is 13.0. The second kappa shape index (κ2) is 5.94. The number of halogens is 3. The number of rotatable bonds is 5. The minimum Gasteiger partial charge on any atom is -0.357 e. The van der Waals surface area contributed by atoms with Crippen molar-refractivity contribution < 1.29 is 13.2 Å². The van der Waals surface area contributed by atoms with E-state index in [1.54, 1.807) is 25.5 Å². The topological polar surface area (TPSA) is 80.5 Å². The highest BCUT2D eigenvalue weighted by Crippen LogP contribution is 2.22. The van der Waals surface area contributed by atoms with E-state index in [2.05, 4.69) is 30.7 Å². The molecule has 10 heteroatoms. The highest BCUT2D eigenvalue weighted by atomic mass is 19.4. The van der Waals surface area contributed by atoms with Gasteiger partial charge in [-0.1, -0.05) is 0 Å². The second-order valence-corrected chi connectivity index (χ2v) is 4.35. The Morgan fingerprint density at radius 3 is 2.52 bits per heavy atom. The van der Waals surface area contributed by atoms with E-state index in [0.717, 1.165) is 0 Å². The SMILES string of the molecule is CNc1nc(NC(C)CC(F)(F)F)nc(-n2cccn2)n1. The van der Waals surface area contributed by atoms with Crippen molar-refractivity contribution in [3.05, 3.63) is 18.5 Å². The molecule has 0 amide bonds. The molecule has 1 atom stereocenters. The molecule has 0 saturated carbocycles. The quantitative estimate of drug-likeness (QED) is 0.877. The molecule has 0 bridgehead atoms. The van der Waals surface area contributed by atoms with Crippen LogP contribution in [0.4, 0.5) is 25.1 Å². The lowest BCUT2D eigenvalue weighted by molar-refractivity contribution is -0.136. The van der Waals surface area contributed by atoms with Crippen molar-refractivity contribution >= 4 is 11.9 Å². The lowest BCUT2D eigenvalue weighted by Gasteiger charge is -2.16. The largest absolute Gasteiger partial charge is 0.391 e. The lowest BCUT2D eigenvalue weighted by Crippen LogP contribution is -2.25. The van der Waals surface area contributed by atoms with Gasteiger partial charge in [-0.3, -0.25) is 0 Å². The van der Waals surface area contributed by atoms with E-state index in [-0.39, 0.29) is 17.8 Å². The first kappa shape index (κ1) is 15.0. The molecule has 0 aliphatic rings. The Bertz CT molecular complexity index is 582. The van der Waals surface area contributed by atoms with Gasteiger partial charge < -0.3 is 10.6 Å². The van der Waals surface area contributed by atoms with Gasteiger partial charge >= 0.3 is 6.18 Å². The van der Waals surface area contributed by atoms with Gasteiger partial charge in [-0.05, 0) is 13.0 Å². The van der Waals surface area contributed by atoms with Crippen molar-refractivity contribution in [3.63, 3.8) is 0 Å². The smallest absolute Gasteiger partial charge is 0.357 e. The number of aromatic nitrogens is 5. The fourth-order valence-corrected chi connectivity index (χ4v) is 1.65. The van der Waals surface area contributed by atoms with Crippen LogP contribution in [-0.2, 0) is 0 Å². The first-order valence-electron chi connectivity index (χ1n) is 6.14. The highest BCUT2D eigenvalue weighted by molar-refractivity contribution is 5.37. The Hall–Kier alpha value is -2.39. The molecule has 2 aromatic heterocycles. The van der Waals surface area contributed by atoms with Gasteiger partial charge in [0.05, 0.1) is 6.42 Å². The Morgan fingerprint density at radius 1 is 1.24 bits per heavy atom. The van der Waals surface area contributed by atoms with Gasteiger partial charge in [-0.2, -0.15) is 33.2 Å². The number of hydrogen-bond acceptors (Lipinski definition) is 6. The maximum atomic E-state index is 12.3. The van der Waals surface area contributed by atoms with Crippen LogP contribution in [0.5, 0.6) is 0 Å². The average Bonchev–Trinajstić information content (AvgIpc) is 2.89. The predicted molar refractivity (Wildman–Crippen MR) is 70.3 cm³/mol. The molecule has 21 heavy (non-hydrogen) atoms. The molecule has 1 unspecified atom stereocenters. The summed E-state index contributed by atoms with van der Waals surface area (Å²) in [6.07, 6.45) is -2.07. The van der Waals surface area contributed by atoms with Gasteiger partial charge in [-0.25, -0.2) is 4.68 Å². The van der Waals surface area contributed by atoms with E-state index < -0.39 is 18.6 Å². The zero-order valence-corrected chi connectivity index (χ0v) is 11.4. The van der Waals surface area contributed by atoms with Crippen molar-refractivity contribution in [1.82, 2.24) is 24.7 Å². The molecule has 2 N–H and O–H groups in total. The van der Waals surface area contributed by atoms with Gasteiger partial charge in [0.25, 0.3) is 5.95 Å². The molecule has 114 valence electrons. The van der Waals surface area contributed by atoms with E-state index in [1.807, 2.05) is 0 Å². The summed E-state index contributed by atoms with van der Waals surface area (Å²) in [6.45, 7) is 1.41. The van der Waals surface area contributed by atoms with E-state index in [9.17, 15) is 13.2 Å². The van der Waals surface area contributed by atoms with Crippen LogP contribution in [0.25, 0.3) is 5.95 Å². The van der Waals surface area contributed by atoms with Gasteiger partial charge in [-0.15, -0.1) is 0 Å². The number of anilines is 2. The summed E-state index contributed by atoms with van der Waals surface area (Å²) >= 11 is 0. The minimum absolute atomic E-state index is 0.0524. The van der Waals surface area contributed by atoms with Crippen molar-refractivity contribution in [2.75, 3.05) is 17.7 Å². The molecule has 0 aromatic carbocycles. The summed E-state index contributed by atoms with van der Waals surface area (Å²) in [6, 6.07) is 0.824. The van der Waals surface area contributed by atoms with Crippen LogP contribution in [0, 0.1) is 0 Å². The maximum Gasteiger partial charge on any atom is 0.391 e. The van der Waals surface area contributed by atoms with Gasteiger partial charge in [0.15, 0.2) is 0 Å². The highest BCUT2D eigenvalue weighted by Gasteiger charge is 2.30. The summed E-state index contributed by atoms with van der Waals surface area (Å²) in [5, 5.41) is 9.31. The Kier molecular flexibility index (Phi) is 4.24. The third-order valence-electron chi connectivity index (χ3n) is 2.47. The van der Waals surface area contributed by atoms with Crippen molar-refractivity contribution in [2.24, 2.45) is 0 Å². The van der Waals surface area contributed by atoms with Gasteiger partial charge in [0, 0.05) is 25.5 Å². The standard InChI is InChI=1S/C11H14F3N7/c1-7(6-11(12,13)14)17-9-18-8(15-2)19-10(20-9)21-5-3-4-16-21/h3-5,7H,6H2,1-2H3,(H2,15,17,18,19,20). The Morgan fingerprint density at radius 2 is 1.95 bits per heavy atom. The summed E-state index contributed by atoms with van der Waals surface area (Å²) in [7, 11) is 1.60.